The van der Waals surface area contributed by atoms with Gasteiger partial charge in [0.05, 0.1) is 5.69 Å². The predicted octanol–water partition coefficient (Wildman–Crippen LogP) is 5.91. The molecule has 3 aromatic rings. The molecule has 8 heteroatoms. The summed E-state index contributed by atoms with van der Waals surface area (Å²) >= 11 is 9.36. The second-order valence-corrected chi connectivity index (χ2v) is 8.89. The van der Waals surface area contributed by atoms with Crippen LogP contribution in [0.4, 0.5) is 10.5 Å². The van der Waals surface area contributed by atoms with Gasteiger partial charge in [-0.05, 0) is 60.0 Å². The molecule has 1 fully saturated rings. The lowest BCUT2D eigenvalue weighted by Gasteiger charge is -2.28. The monoisotopic (exact) mass is 538 g/mol. The smallest absolute Gasteiger partial charge is 0.335 e. The number of carbonyl (C=O) groups is 3. The van der Waals surface area contributed by atoms with E-state index in [1.54, 1.807) is 42.5 Å². The average molecular weight is 540 g/mol. The molecule has 1 aliphatic rings. The summed E-state index contributed by atoms with van der Waals surface area (Å²) in [7, 11) is 0. The molecular weight excluding hydrogens is 520 g/mol. The summed E-state index contributed by atoms with van der Waals surface area (Å²) in [5.41, 5.74) is 2.51. The van der Waals surface area contributed by atoms with Crippen LogP contribution in [0.2, 0.25) is 5.02 Å². The number of benzene rings is 3. The van der Waals surface area contributed by atoms with Crippen LogP contribution in [0.3, 0.4) is 0 Å². The number of para-hydroxylation sites is 1. The lowest BCUT2D eigenvalue weighted by molar-refractivity contribution is -0.122. The third-order valence-corrected chi connectivity index (χ3v) is 6.04. The highest BCUT2D eigenvalue weighted by molar-refractivity contribution is 9.10. The van der Waals surface area contributed by atoms with Crippen molar-refractivity contribution in [1.82, 2.24) is 5.32 Å². The van der Waals surface area contributed by atoms with Crippen LogP contribution >= 0.6 is 27.5 Å². The molecule has 4 amide bonds. The summed E-state index contributed by atoms with van der Waals surface area (Å²) in [5.74, 6) is -0.981. The molecule has 34 heavy (non-hydrogen) atoms. The number of nitrogens with zero attached hydrogens (tertiary/aromatic N) is 1. The van der Waals surface area contributed by atoms with E-state index in [2.05, 4.69) is 21.2 Å². The van der Waals surface area contributed by atoms with Gasteiger partial charge in [0.25, 0.3) is 11.8 Å². The fourth-order valence-corrected chi connectivity index (χ4v) is 4.07. The molecule has 4 rings (SSSR count). The van der Waals surface area contributed by atoms with Crippen molar-refractivity contribution >= 4 is 57.1 Å². The van der Waals surface area contributed by atoms with Crippen LogP contribution in [0.1, 0.15) is 23.6 Å². The lowest BCUT2D eigenvalue weighted by atomic mass is 10.0. The van der Waals surface area contributed by atoms with Crippen molar-refractivity contribution in [1.29, 1.82) is 0 Å². The number of urea groups is 1. The quantitative estimate of drug-likeness (QED) is 0.312. The van der Waals surface area contributed by atoms with Crippen molar-refractivity contribution in [2.75, 3.05) is 4.90 Å². The molecule has 0 atom stereocenters. The molecule has 6 nitrogen and oxygen atoms in total. The van der Waals surface area contributed by atoms with E-state index >= 15 is 0 Å². The number of aryl methyl sites for hydroxylation is 1. The van der Waals surface area contributed by atoms with Crippen LogP contribution in [0.25, 0.3) is 6.08 Å². The number of hydrogen-bond donors (Lipinski definition) is 1. The van der Waals surface area contributed by atoms with Crippen molar-refractivity contribution in [3.8, 4) is 5.75 Å². The third kappa shape index (κ3) is 5.05. The Labute approximate surface area is 210 Å². The number of halogens is 2. The van der Waals surface area contributed by atoms with Gasteiger partial charge in [-0.15, -0.1) is 0 Å². The first kappa shape index (κ1) is 23.7. The van der Waals surface area contributed by atoms with Crippen molar-refractivity contribution in [3.63, 3.8) is 0 Å². The molecule has 1 heterocycles. The zero-order valence-electron chi connectivity index (χ0n) is 18.2. The Balaban J connectivity index is 1.68. The Hall–Kier alpha value is -3.42. The summed E-state index contributed by atoms with van der Waals surface area (Å²) in [4.78, 5) is 39.6. The molecular formula is C26H20BrClN2O4. The van der Waals surface area contributed by atoms with E-state index < -0.39 is 17.8 Å². The first-order valence-corrected chi connectivity index (χ1v) is 11.7. The second kappa shape index (κ2) is 10.2. The number of amides is 4. The molecule has 0 saturated carbocycles. The topological polar surface area (TPSA) is 75.7 Å². The number of rotatable bonds is 6. The van der Waals surface area contributed by atoms with E-state index in [1.165, 1.54) is 6.08 Å². The van der Waals surface area contributed by atoms with Crippen molar-refractivity contribution in [2.45, 2.75) is 20.0 Å². The molecule has 1 N–H and O–H groups in total. The highest BCUT2D eigenvalue weighted by atomic mass is 79.9. The first-order valence-electron chi connectivity index (χ1n) is 10.5. The van der Waals surface area contributed by atoms with E-state index in [4.69, 9.17) is 16.3 Å². The van der Waals surface area contributed by atoms with Crippen molar-refractivity contribution < 1.29 is 19.1 Å². The summed E-state index contributed by atoms with van der Waals surface area (Å²) in [6.07, 6.45) is 2.06. The first-order chi connectivity index (χ1) is 16.4. The normalized spacial score (nSPS) is 15.0. The largest absolute Gasteiger partial charge is 0.488 e. The molecule has 0 unspecified atom stereocenters. The molecule has 0 radical (unpaired) electrons. The van der Waals surface area contributed by atoms with Gasteiger partial charge in [0.2, 0.25) is 0 Å². The number of hydrogen-bond acceptors (Lipinski definition) is 4. The van der Waals surface area contributed by atoms with Gasteiger partial charge in [0.1, 0.15) is 17.9 Å². The van der Waals surface area contributed by atoms with Gasteiger partial charge in [-0.1, -0.05) is 64.8 Å². The summed E-state index contributed by atoms with van der Waals surface area (Å²) in [6.45, 7) is 2.20. The second-order valence-electron chi connectivity index (χ2n) is 7.54. The van der Waals surface area contributed by atoms with E-state index in [0.29, 0.717) is 28.4 Å². The third-order valence-electron chi connectivity index (χ3n) is 5.29. The highest BCUT2D eigenvalue weighted by Crippen LogP contribution is 2.30. The van der Waals surface area contributed by atoms with E-state index in [0.717, 1.165) is 20.5 Å². The average Bonchev–Trinajstić information content (AvgIpc) is 2.82. The summed E-state index contributed by atoms with van der Waals surface area (Å²) in [6, 6.07) is 18.9. The van der Waals surface area contributed by atoms with Crippen LogP contribution in [0.5, 0.6) is 5.75 Å². The Morgan fingerprint density at radius 2 is 1.76 bits per heavy atom. The highest BCUT2D eigenvalue weighted by Gasteiger charge is 2.37. The predicted molar refractivity (Wildman–Crippen MR) is 135 cm³/mol. The minimum atomic E-state index is -0.776. The van der Waals surface area contributed by atoms with E-state index in [9.17, 15) is 14.4 Å². The molecule has 0 aromatic heterocycles. The van der Waals surface area contributed by atoms with Gasteiger partial charge in [-0.3, -0.25) is 14.9 Å². The van der Waals surface area contributed by atoms with E-state index in [1.807, 2.05) is 31.2 Å². The fourth-order valence-electron chi connectivity index (χ4n) is 3.56. The maximum Gasteiger partial charge on any atom is 0.335 e. The van der Waals surface area contributed by atoms with Crippen LogP contribution in [-0.2, 0) is 22.6 Å². The Morgan fingerprint density at radius 1 is 1.03 bits per heavy atom. The number of barbiturate groups is 1. The van der Waals surface area contributed by atoms with Crippen LogP contribution < -0.4 is 15.0 Å². The van der Waals surface area contributed by atoms with Gasteiger partial charge in [-0.2, -0.15) is 0 Å². The lowest BCUT2D eigenvalue weighted by Crippen LogP contribution is -2.54. The minimum absolute atomic E-state index is 0.167. The van der Waals surface area contributed by atoms with E-state index in [-0.39, 0.29) is 12.2 Å². The number of carbonyl (C=O) groups excluding carboxylic acids is 3. The summed E-state index contributed by atoms with van der Waals surface area (Å²) < 4.78 is 6.71. The van der Waals surface area contributed by atoms with Crippen LogP contribution in [0.15, 0.2) is 76.8 Å². The molecule has 3 aromatic carbocycles. The fraction of sp³-hybridized carbons (Fsp3) is 0.115. The van der Waals surface area contributed by atoms with Gasteiger partial charge in [0.15, 0.2) is 0 Å². The zero-order valence-corrected chi connectivity index (χ0v) is 20.5. The van der Waals surface area contributed by atoms with Gasteiger partial charge < -0.3 is 4.74 Å². The maximum absolute atomic E-state index is 13.3. The molecule has 0 spiro atoms. The number of ether oxygens (including phenoxy) is 1. The Bertz CT molecular complexity index is 1300. The molecule has 0 aliphatic carbocycles. The molecule has 172 valence electrons. The van der Waals surface area contributed by atoms with Crippen molar-refractivity contribution in [3.05, 3.63) is 98.5 Å². The molecule has 0 bridgehead atoms. The van der Waals surface area contributed by atoms with Gasteiger partial charge in [-0.25, -0.2) is 9.69 Å². The molecule has 1 aliphatic heterocycles. The standard InChI is InChI=1S/C26H20BrClN2O4/c1-2-17-5-3-4-6-22(17)30-25(32)21(24(31)29-26(30)33)14-18-13-19(27)9-12-23(18)34-15-16-7-10-20(28)11-8-16/h3-14H,2,15H2,1H3,(H,29,31,33)/b21-14-. The Morgan fingerprint density at radius 3 is 2.50 bits per heavy atom. The van der Waals surface area contributed by atoms with Crippen molar-refractivity contribution in [2.24, 2.45) is 0 Å². The SMILES string of the molecule is CCc1ccccc1N1C(=O)NC(=O)/C(=C/c2cc(Br)ccc2OCc2ccc(Cl)cc2)C1=O. The number of anilines is 1. The van der Waals surface area contributed by atoms with Gasteiger partial charge in [0, 0.05) is 15.1 Å². The number of imide groups is 2. The molecule has 1 saturated heterocycles. The van der Waals surface area contributed by atoms with Crippen LogP contribution in [0, 0.1) is 0 Å². The minimum Gasteiger partial charge on any atom is -0.488 e. The Kier molecular flexibility index (Phi) is 7.14. The zero-order chi connectivity index (χ0) is 24.2. The number of nitrogens with one attached hydrogen (secondary N) is 1. The van der Waals surface area contributed by atoms with Crippen LogP contribution in [-0.4, -0.2) is 17.8 Å². The van der Waals surface area contributed by atoms with Gasteiger partial charge >= 0.3 is 6.03 Å². The maximum atomic E-state index is 13.3. The summed E-state index contributed by atoms with van der Waals surface area (Å²) in [5, 5.41) is 2.90.